The maximum atomic E-state index is 12.6. The summed E-state index contributed by atoms with van der Waals surface area (Å²) in [4.78, 5) is 45.5. The molecule has 2 heterocycles. The van der Waals surface area contributed by atoms with Crippen LogP contribution in [0.1, 0.15) is 52.9 Å². The SMILES string of the molecule is CCOC(=O)c1c(C)oc(NC(=O)C(C)Sc2cc(C)ncn2)c1C(=O)OCC. The van der Waals surface area contributed by atoms with Gasteiger partial charge >= 0.3 is 11.9 Å². The summed E-state index contributed by atoms with van der Waals surface area (Å²) in [5.74, 6) is -1.94. The largest absolute Gasteiger partial charge is 0.462 e. The number of hydrogen-bond acceptors (Lipinski definition) is 9. The van der Waals surface area contributed by atoms with E-state index >= 15 is 0 Å². The lowest BCUT2D eigenvalue weighted by atomic mass is 10.1. The van der Waals surface area contributed by atoms with Gasteiger partial charge in [-0.05, 0) is 40.7 Å². The van der Waals surface area contributed by atoms with Crippen LogP contribution in [-0.2, 0) is 14.3 Å². The highest BCUT2D eigenvalue weighted by atomic mass is 32.2. The Bertz CT molecular complexity index is 911. The minimum absolute atomic E-state index is 0.0627. The lowest BCUT2D eigenvalue weighted by molar-refractivity contribution is -0.115. The topological polar surface area (TPSA) is 121 Å². The Hall–Kier alpha value is -2.88. The van der Waals surface area contributed by atoms with Gasteiger partial charge in [-0.1, -0.05) is 11.8 Å². The van der Waals surface area contributed by atoms with Gasteiger partial charge in [0.25, 0.3) is 0 Å². The van der Waals surface area contributed by atoms with Gasteiger partial charge in [0.05, 0.1) is 18.5 Å². The second-order valence-corrected chi connectivity index (χ2v) is 7.29. The molecule has 0 aromatic carbocycles. The van der Waals surface area contributed by atoms with Crippen LogP contribution in [0.15, 0.2) is 21.8 Å². The van der Waals surface area contributed by atoms with Crippen molar-refractivity contribution in [2.75, 3.05) is 18.5 Å². The van der Waals surface area contributed by atoms with Gasteiger partial charge in [-0.3, -0.25) is 10.1 Å². The van der Waals surface area contributed by atoms with E-state index < -0.39 is 23.1 Å². The lowest BCUT2D eigenvalue weighted by Gasteiger charge is -2.11. The Balaban J connectivity index is 2.28. The second-order valence-electron chi connectivity index (χ2n) is 5.93. The van der Waals surface area contributed by atoms with Crippen molar-refractivity contribution in [2.24, 2.45) is 0 Å². The van der Waals surface area contributed by atoms with E-state index in [9.17, 15) is 14.4 Å². The molecule has 2 rings (SSSR count). The van der Waals surface area contributed by atoms with Gasteiger partial charge in [0.2, 0.25) is 11.8 Å². The molecule has 1 N–H and O–H groups in total. The molecule has 10 heteroatoms. The third-order valence-corrected chi connectivity index (χ3v) is 4.76. The zero-order chi connectivity index (χ0) is 21.6. The molecule has 0 saturated heterocycles. The first kappa shape index (κ1) is 22.4. The molecule has 156 valence electrons. The lowest BCUT2D eigenvalue weighted by Crippen LogP contribution is -2.24. The van der Waals surface area contributed by atoms with E-state index in [1.165, 1.54) is 25.0 Å². The molecule has 0 bridgehead atoms. The predicted octanol–water partition coefficient (Wildman–Crippen LogP) is 3.16. The van der Waals surface area contributed by atoms with Gasteiger partial charge in [-0.25, -0.2) is 19.6 Å². The van der Waals surface area contributed by atoms with Crippen LogP contribution in [-0.4, -0.2) is 46.3 Å². The van der Waals surface area contributed by atoms with E-state index in [0.717, 1.165) is 5.69 Å². The molecule has 0 saturated carbocycles. The quantitative estimate of drug-likeness (QED) is 0.389. The molecule has 1 unspecified atom stereocenters. The van der Waals surface area contributed by atoms with Crippen molar-refractivity contribution in [3.8, 4) is 0 Å². The van der Waals surface area contributed by atoms with E-state index in [-0.39, 0.29) is 36.0 Å². The summed E-state index contributed by atoms with van der Waals surface area (Å²) in [6.07, 6.45) is 1.42. The smallest absolute Gasteiger partial charge is 0.344 e. The average molecular weight is 421 g/mol. The molecule has 0 spiro atoms. The van der Waals surface area contributed by atoms with E-state index in [1.807, 2.05) is 6.92 Å². The number of aryl methyl sites for hydroxylation is 2. The minimum atomic E-state index is -0.783. The van der Waals surface area contributed by atoms with Crippen LogP contribution in [0.25, 0.3) is 0 Å². The van der Waals surface area contributed by atoms with E-state index in [1.54, 1.807) is 26.8 Å². The zero-order valence-corrected chi connectivity index (χ0v) is 17.7. The van der Waals surface area contributed by atoms with Gasteiger partial charge in [-0.15, -0.1) is 0 Å². The molecule has 2 aromatic heterocycles. The van der Waals surface area contributed by atoms with E-state index in [0.29, 0.717) is 5.03 Å². The standard InChI is InChI=1S/C19H23N3O6S/c1-6-26-18(24)14-11(4)28-17(15(14)19(25)27-7-2)22-16(23)12(5)29-13-8-10(3)20-9-21-13/h8-9,12H,6-7H2,1-5H3,(H,22,23). The monoisotopic (exact) mass is 421 g/mol. The molecule has 0 aliphatic carbocycles. The van der Waals surface area contributed by atoms with Crippen LogP contribution >= 0.6 is 11.8 Å². The molecule has 0 radical (unpaired) electrons. The zero-order valence-electron chi connectivity index (χ0n) is 16.9. The number of rotatable bonds is 8. The Morgan fingerprint density at radius 2 is 1.72 bits per heavy atom. The van der Waals surface area contributed by atoms with Gasteiger partial charge < -0.3 is 13.9 Å². The second kappa shape index (κ2) is 10.1. The first-order valence-corrected chi connectivity index (χ1v) is 9.90. The summed E-state index contributed by atoms with van der Waals surface area (Å²) in [6.45, 7) is 8.52. The summed E-state index contributed by atoms with van der Waals surface area (Å²) in [5, 5.41) is 2.64. The molecule has 2 aromatic rings. The van der Waals surface area contributed by atoms with Crippen LogP contribution in [0.5, 0.6) is 0 Å². The number of carbonyl (C=O) groups is 3. The number of thioether (sulfide) groups is 1. The number of esters is 2. The number of carbonyl (C=O) groups excluding carboxylic acids is 3. The Kier molecular flexibility index (Phi) is 7.77. The molecule has 1 amide bonds. The van der Waals surface area contributed by atoms with Crippen molar-refractivity contribution >= 4 is 35.5 Å². The van der Waals surface area contributed by atoms with E-state index in [4.69, 9.17) is 13.9 Å². The first-order chi connectivity index (χ1) is 13.8. The molecular formula is C19H23N3O6S. The highest BCUT2D eigenvalue weighted by molar-refractivity contribution is 8.00. The van der Waals surface area contributed by atoms with Crippen LogP contribution in [0.3, 0.4) is 0 Å². The molecule has 0 aliphatic rings. The first-order valence-electron chi connectivity index (χ1n) is 9.02. The van der Waals surface area contributed by atoms with Crippen molar-refractivity contribution in [3.05, 3.63) is 35.0 Å². The summed E-state index contributed by atoms with van der Waals surface area (Å²) in [6, 6.07) is 1.76. The summed E-state index contributed by atoms with van der Waals surface area (Å²) >= 11 is 1.22. The summed E-state index contributed by atoms with van der Waals surface area (Å²) in [7, 11) is 0. The van der Waals surface area contributed by atoms with Gasteiger partial charge in [0.1, 0.15) is 28.2 Å². The summed E-state index contributed by atoms with van der Waals surface area (Å²) < 4.78 is 15.5. The number of amides is 1. The highest BCUT2D eigenvalue weighted by Crippen LogP contribution is 2.30. The number of nitrogens with zero attached hydrogens (tertiary/aromatic N) is 2. The molecule has 1 atom stereocenters. The summed E-state index contributed by atoms with van der Waals surface area (Å²) in [5.41, 5.74) is 0.555. The fourth-order valence-corrected chi connectivity index (χ4v) is 3.30. The molecule has 29 heavy (non-hydrogen) atoms. The normalized spacial score (nSPS) is 11.6. The molecule has 9 nitrogen and oxygen atoms in total. The highest BCUT2D eigenvalue weighted by Gasteiger charge is 2.32. The molecular weight excluding hydrogens is 398 g/mol. The minimum Gasteiger partial charge on any atom is -0.462 e. The Morgan fingerprint density at radius 3 is 2.31 bits per heavy atom. The average Bonchev–Trinajstić information content (AvgIpc) is 2.98. The van der Waals surface area contributed by atoms with Gasteiger partial charge in [0.15, 0.2) is 0 Å². The predicted molar refractivity (Wildman–Crippen MR) is 106 cm³/mol. The fourth-order valence-electron chi connectivity index (χ4n) is 2.42. The van der Waals surface area contributed by atoms with Crippen molar-refractivity contribution in [3.63, 3.8) is 0 Å². The van der Waals surface area contributed by atoms with Crippen LogP contribution in [0, 0.1) is 13.8 Å². The van der Waals surface area contributed by atoms with Gasteiger partial charge in [-0.2, -0.15) is 0 Å². The number of anilines is 1. The van der Waals surface area contributed by atoms with Crippen LogP contribution < -0.4 is 5.32 Å². The maximum absolute atomic E-state index is 12.6. The van der Waals surface area contributed by atoms with Crippen molar-refractivity contribution in [1.82, 2.24) is 9.97 Å². The Labute approximate surface area is 172 Å². The van der Waals surface area contributed by atoms with Crippen molar-refractivity contribution in [1.29, 1.82) is 0 Å². The third-order valence-electron chi connectivity index (χ3n) is 3.73. The fraction of sp³-hybridized carbons (Fsp3) is 0.421. The Morgan fingerprint density at radius 1 is 1.10 bits per heavy atom. The molecule has 0 aliphatic heterocycles. The van der Waals surface area contributed by atoms with Gasteiger partial charge in [0, 0.05) is 5.69 Å². The third kappa shape index (κ3) is 5.57. The van der Waals surface area contributed by atoms with E-state index in [2.05, 4.69) is 15.3 Å². The van der Waals surface area contributed by atoms with Crippen molar-refractivity contribution < 1.29 is 28.3 Å². The van der Waals surface area contributed by atoms with Crippen molar-refractivity contribution in [2.45, 2.75) is 44.9 Å². The number of ether oxygens (including phenoxy) is 2. The molecule has 0 fully saturated rings. The number of furan rings is 1. The number of nitrogens with one attached hydrogen (secondary N) is 1. The maximum Gasteiger partial charge on any atom is 0.344 e. The number of hydrogen-bond donors (Lipinski definition) is 1. The number of aromatic nitrogens is 2. The van der Waals surface area contributed by atoms with Crippen LogP contribution in [0.4, 0.5) is 5.88 Å². The van der Waals surface area contributed by atoms with Crippen LogP contribution in [0.2, 0.25) is 0 Å².